The standard InChI is InChI=1S/C30H48O/c1-19(2)20-11-14-27(5)17-18-29(7)21(25(20)27)9-10-23-28(6)15-13-24(31)26(3,4)22(28)12-16-30(23,29)8/h20-23,25H,1,9-18H2,2-8H3/t20-,21+,22+,23+,25+,27+,28-,29+,30+/m0/s1. The summed E-state index contributed by atoms with van der Waals surface area (Å²) in [5.41, 5.74) is 3.06. The molecule has 0 aromatic carbocycles. The van der Waals surface area contributed by atoms with E-state index in [-0.39, 0.29) is 5.41 Å². The largest absolute Gasteiger partial charge is 0.299 e. The Bertz CT molecular complexity index is 807. The lowest BCUT2D eigenvalue weighted by Gasteiger charge is -2.72. The van der Waals surface area contributed by atoms with Crippen LogP contribution in [0.2, 0.25) is 0 Å². The van der Waals surface area contributed by atoms with Crippen LogP contribution in [0, 0.1) is 56.7 Å². The van der Waals surface area contributed by atoms with Crippen LogP contribution in [0.15, 0.2) is 12.2 Å². The van der Waals surface area contributed by atoms with E-state index in [4.69, 9.17) is 0 Å². The summed E-state index contributed by atoms with van der Waals surface area (Å²) in [6, 6.07) is 0. The second kappa shape index (κ2) is 6.50. The smallest absolute Gasteiger partial charge is 0.138 e. The third kappa shape index (κ3) is 2.59. The number of fused-ring (bicyclic) bond motifs is 7. The van der Waals surface area contributed by atoms with Crippen LogP contribution < -0.4 is 0 Å². The number of allylic oxidation sites excluding steroid dienone is 1. The molecular formula is C30H48O. The fourth-order valence-electron chi connectivity index (χ4n) is 11.3. The molecule has 0 unspecified atom stereocenters. The number of carbonyl (C=O) groups is 1. The van der Waals surface area contributed by atoms with Gasteiger partial charge in [0.15, 0.2) is 0 Å². The maximum absolute atomic E-state index is 12.9. The Balaban J connectivity index is 1.55. The first kappa shape index (κ1) is 22.2. The molecule has 5 saturated carbocycles. The summed E-state index contributed by atoms with van der Waals surface area (Å²) in [6.45, 7) is 22.0. The van der Waals surface area contributed by atoms with Crippen LogP contribution in [-0.2, 0) is 4.79 Å². The summed E-state index contributed by atoms with van der Waals surface area (Å²) in [7, 11) is 0. The zero-order valence-electron chi connectivity index (χ0n) is 21.6. The van der Waals surface area contributed by atoms with Crippen LogP contribution in [-0.4, -0.2) is 5.78 Å². The SMILES string of the molecule is C=C(C)[C@@H]1CC[C@]2(C)CC[C@]3(C)[C@H](CC[C@@H]4[C@@]5(C)CCC(=O)C(C)(C)[C@H]5CC[C@]43C)[C@@H]12. The second-order valence-corrected chi connectivity index (χ2v) is 14.5. The highest BCUT2D eigenvalue weighted by Gasteiger charge is 2.70. The molecule has 5 rings (SSSR count). The van der Waals surface area contributed by atoms with Crippen molar-refractivity contribution >= 4 is 5.78 Å². The third-order valence-corrected chi connectivity index (χ3v) is 13.2. The lowest BCUT2D eigenvalue weighted by Crippen LogP contribution is -2.66. The average molecular weight is 425 g/mol. The van der Waals surface area contributed by atoms with Crippen molar-refractivity contribution in [3.63, 3.8) is 0 Å². The van der Waals surface area contributed by atoms with Gasteiger partial charge in [0.05, 0.1) is 0 Å². The molecule has 0 amide bonds. The number of carbonyl (C=O) groups excluding carboxylic acids is 1. The predicted octanol–water partition coefficient (Wildman–Crippen LogP) is 8.23. The van der Waals surface area contributed by atoms with Crippen molar-refractivity contribution in [2.75, 3.05) is 0 Å². The van der Waals surface area contributed by atoms with Gasteiger partial charge in [-0.05, 0) is 116 Å². The van der Waals surface area contributed by atoms with Crippen molar-refractivity contribution in [1.82, 2.24) is 0 Å². The van der Waals surface area contributed by atoms with E-state index in [2.05, 4.69) is 55.0 Å². The molecule has 0 radical (unpaired) electrons. The van der Waals surface area contributed by atoms with Crippen molar-refractivity contribution < 1.29 is 4.79 Å². The van der Waals surface area contributed by atoms with E-state index >= 15 is 0 Å². The molecule has 0 aromatic rings. The quantitative estimate of drug-likeness (QED) is 0.387. The lowest BCUT2D eigenvalue weighted by atomic mass is 9.32. The molecule has 0 saturated heterocycles. The summed E-state index contributed by atoms with van der Waals surface area (Å²) in [5, 5.41) is 0. The minimum atomic E-state index is -0.131. The van der Waals surface area contributed by atoms with Crippen molar-refractivity contribution in [2.24, 2.45) is 56.7 Å². The van der Waals surface area contributed by atoms with Crippen LogP contribution in [0.25, 0.3) is 0 Å². The van der Waals surface area contributed by atoms with Crippen molar-refractivity contribution in [2.45, 2.75) is 113 Å². The molecule has 5 aliphatic rings. The van der Waals surface area contributed by atoms with E-state index in [1.807, 2.05) is 0 Å². The first-order valence-corrected chi connectivity index (χ1v) is 13.5. The molecule has 0 aliphatic heterocycles. The minimum Gasteiger partial charge on any atom is -0.299 e. The van der Waals surface area contributed by atoms with Gasteiger partial charge in [-0.1, -0.05) is 53.7 Å². The zero-order chi connectivity index (χ0) is 22.6. The molecule has 1 nitrogen and oxygen atoms in total. The van der Waals surface area contributed by atoms with Crippen LogP contribution >= 0.6 is 0 Å². The maximum atomic E-state index is 12.9. The molecule has 0 aromatic heterocycles. The van der Waals surface area contributed by atoms with Gasteiger partial charge in [0.25, 0.3) is 0 Å². The van der Waals surface area contributed by atoms with Crippen molar-refractivity contribution in [1.29, 1.82) is 0 Å². The third-order valence-electron chi connectivity index (χ3n) is 13.2. The average Bonchev–Trinajstić information content (AvgIpc) is 3.04. The van der Waals surface area contributed by atoms with Crippen molar-refractivity contribution in [3.8, 4) is 0 Å². The summed E-state index contributed by atoms with van der Waals surface area (Å²) < 4.78 is 0. The number of hydrogen-bond acceptors (Lipinski definition) is 1. The lowest BCUT2D eigenvalue weighted by molar-refractivity contribution is -0.232. The molecule has 31 heavy (non-hydrogen) atoms. The van der Waals surface area contributed by atoms with Gasteiger partial charge in [0.1, 0.15) is 5.78 Å². The van der Waals surface area contributed by atoms with E-state index in [9.17, 15) is 4.79 Å². The fourth-order valence-corrected chi connectivity index (χ4v) is 11.3. The number of ketones is 1. The van der Waals surface area contributed by atoms with Crippen LogP contribution in [0.4, 0.5) is 0 Å². The zero-order valence-corrected chi connectivity index (χ0v) is 21.6. The van der Waals surface area contributed by atoms with E-state index in [1.54, 1.807) is 0 Å². The van der Waals surface area contributed by atoms with E-state index in [1.165, 1.54) is 56.9 Å². The molecule has 0 N–H and O–H groups in total. The van der Waals surface area contributed by atoms with Gasteiger partial charge in [0.2, 0.25) is 0 Å². The summed E-state index contributed by atoms with van der Waals surface area (Å²) >= 11 is 0. The van der Waals surface area contributed by atoms with Gasteiger partial charge < -0.3 is 0 Å². The van der Waals surface area contributed by atoms with Crippen LogP contribution in [0.1, 0.15) is 113 Å². The summed E-state index contributed by atoms with van der Waals surface area (Å²) in [4.78, 5) is 12.9. The normalized spacial score (nSPS) is 55.6. The molecule has 1 heteroatoms. The number of rotatable bonds is 1. The Morgan fingerprint density at radius 3 is 2.19 bits per heavy atom. The van der Waals surface area contributed by atoms with Crippen LogP contribution in [0.3, 0.4) is 0 Å². The first-order chi connectivity index (χ1) is 14.3. The molecule has 5 aliphatic carbocycles. The Morgan fingerprint density at radius 2 is 1.52 bits per heavy atom. The van der Waals surface area contributed by atoms with Gasteiger partial charge >= 0.3 is 0 Å². The monoisotopic (exact) mass is 424 g/mol. The van der Waals surface area contributed by atoms with Gasteiger partial charge in [-0.15, -0.1) is 0 Å². The Morgan fingerprint density at radius 1 is 0.806 bits per heavy atom. The minimum absolute atomic E-state index is 0.131. The topological polar surface area (TPSA) is 17.1 Å². The van der Waals surface area contributed by atoms with Gasteiger partial charge in [-0.3, -0.25) is 4.79 Å². The molecule has 9 atom stereocenters. The van der Waals surface area contributed by atoms with Crippen molar-refractivity contribution in [3.05, 3.63) is 12.2 Å². The van der Waals surface area contributed by atoms with E-state index in [0.29, 0.717) is 33.4 Å². The second-order valence-electron chi connectivity index (χ2n) is 14.5. The van der Waals surface area contributed by atoms with Gasteiger partial charge in [-0.2, -0.15) is 0 Å². The molecule has 0 spiro atoms. The molecule has 174 valence electrons. The molecule has 5 fully saturated rings. The Labute approximate surface area is 192 Å². The van der Waals surface area contributed by atoms with E-state index in [0.717, 1.165) is 36.5 Å². The Kier molecular flexibility index (Phi) is 4.66. The molecule has 0 bridgehead atoms. The summed E-state index contributed by atoms with van der Waals surface area (Å²) in [5.74, 6) is 4.33. The highest BCUT2D eigenvalue weighted by atomic mass is 16.1. The number of Topliss-reactive ketones (excluding diaryl/α,β-unsaturated/α-hetero) is 1. The van der Waals surface area contributed by atoms with Gasteiger partial charge in [0, 0.05) is 11.8 Å². The first-order valence-electron chi connectivity index (χ1n) is 13.5. The summed E-state index contributed by atoms with van der Waals surface area (Å²) in [6.07, 6.45) is 13.0. The van der Waals surface area contributed by atoms with E-state index < -0.39 is 0 Å². The van der Waals surface area contributed by atoms with Gasteiger partial charge in [-0.25, -0.2) is 0 Å². The predicted molar refractivity (Wildman–Crippen MR) is 130 cm³/mol. The molecule has 0 heterocycles. The maximum Gasteiger partial charge on any atom is 0.138 e. The number of hydrogen-bond donors (Lipinski definition) is 0. The molecular weight excluding hydrogens is 376 g/mol. The fraction of sp³-hybridized carbons (Fsp3) is 0.900. The Hall–Kier alpha value is -0.590. The highest BCUT2D eigenvalue weighted by Crippen LogP contribution is 2.77. The highest BCUT2D eigenvalue weighted by molar-refractivity contribution is 5.85. The van der Waals surface area contributed by atoms with Crippen LogP contribution in [0.5, 0.6) is 0 Å².